The third-order valence-electron chi connectivity index (χ3n) is 1.88. The molecule has 0 heterocycles. The van der Waals surface area contributed by atoms with Crippen LogP contribution in [0.25, 0.3) is 0 Å². The summed E-state index contributed by atoms with van der Waals surface area (Å²) in [6, 6.07) is 0. The van der Waals surface area contributed by atoms with E-state index < -0.39 is 0 Å². The van der Waals surface area contributed by atoms with Gasteiger partial charge in [0.2, 0.25) is 0 Å². The van der Waals surface area contributed by atoms with Gasteiger partial charge in [-0.2, -0.15) is 0 Å². The fourth-order valence-electron chi connectivity index (χ4n) is 1.23. The average molecular weight is 153 g/mol. The SMILES string of the molecule is C=C(N)OCC1CC=CCC1. The number of hydrogen-bond donors (Lipinski definition) is 1. The molecule has 0 aromatic carbocycles. The van der Waals surface area contributed by atoms with Gasteiger partial charge in [-0.25, -0.2) is 0 Å². The standard InChI is InChI=1S/C9H15NO/c1-8(10)11-7-9-5-3-2-4-6-9/h2-3,9H,1,4-7,10H2. The van der Waals surface area contributed by atoms with E-state index in [1.54, 1.807) is 0 Å². The minimum atomic E-state index is 0.333. The summed E-state index contributed by atoms with van der Waals surface area (Å²) in [4.78, 5) is 0. The molecule has 62 valence electrons. The molecular formula is C9H15NO. The number of ether oxygens (including phenoxy) is 1. The Balaban J connectivity index is 2.16. The van der Waals surface area contributed by atoms with Gasteiger partial charge in [-0.05, 0) is 31.8 Å². The average Bonchev–Trinajstić information content (AvgIpc) is 2.03. The zero-order chi connectivity index (χ0) is 8.10. The number of hydrogen-bond acceptors (Lipinski definition) is 2. The number of nitrogens with two attached hydrogens (primary N) is 1. The molecule has 1 unspecified atom stereocenters. The summed E-state index contributed by atoms with van der Waals surface area (Å²) in [6.45, 7) is 4.20. The van der Waals surface area contributed by atoms with Crippen LogP contribution in [0.3, 0.4) is 0 Å². The highest BCUT2D eigenvalue weighted by Crippen LogP contribution is 2.18. The van der Waals surface area contributed by atoms with Crippen LogP contribution in [0, 0.1) is 5.92 Å². The minimum Gasteiger partial charge on any atom is -0.480 e. The largest absolute Gasteiger partial charge is 0.480 e. The van der Waals surface area contributed by atoms with Crippen molar-refractivity contribution < 1.29 is 4.74 Å². The van der Waals surface area contributed by atoms with Gasteiger partial charge in [-0.1, -0.05) is 12.2 Å². The summed E-state index contributed by atoms with van der Waals surface area (Å²) in [5.41, 5.74) is 5.27. The zero-order valence-electron chi connectivity index (χ0n) is 6.75. The van der Waals surface area contributed by atoms with E-state index in [-0.39, 0.29) is 0 Å². The lowest BCUT2D eigenvalue weighted by molar-refractivity contribution is 0.158. The highest BCUT2D eigenvalue weighted by Gasteiger charge is 2.09. The van der Waals surface area contributed by atoms with Crippen molar-refractivity contribution in [3.63, 3.8) is 0 Å². The van der Waals surface area contributed by atoms with E-state index in [0.29, 0.717) is 11.8 Å². The Morgan fingerprint density at radius 1 is 1.64 bits per heavy atom. The van der Waals surface area contributed by atoms with E-state index >= 15 is 0 Å². The molecule has 2 heteroatoms. The smallest absolute Gasteiger partial charge is 0.176 e. The molecule has 0 saturated carbocycles. The maximum atomic E-state index is 5.27. The zero-order valence-corrected chi connectivity index (χ0v) is 6.75. The normalized spacial score (nSPS) is 23.1. The highest BCUT2D eigenvalue weighted by molar-refractivity contribution is 4.90. The molecule has 0 aromatic rings. The van der Waals surface area contributed by atoms with Gasteiger partial charge in [-0.3, -0.25) is 0 Å². The molecule has 2 N–H and O–H groups in total. The lowest BCUT2D eigenvalue weighted by atomic mass is 9.95. The fourth-order valence-corrected chi connectivity index (χ4v) is 1.23. The van der Waals surface area contributed by atoms with Crippen LogP contribution in [-0.2, 0) is 4.74 Å². The van der Waals surface area contributed by atoms with Crippen molar-refractivity contribution in [3.05, 3.63) is 24.6 Å². The van der Waals surface area contributed by atoms with Gasteiger partial charge >= 0.3 is 0 Å². The van der Waals surface area contributed by atoms with Crippen molar-refractivity contribution >= 4 is 0 Å². The summed E-state index contributed by atoms with van der Waals surface area (Å²) in [5, 5.41) is 0. The van der Waals surface area contributed by atoms with E-state index in [4.69, 9.17) is 10.5 Å². The van der Waals surface area contributed by atoms with Gasteiger partial charge in [0, 0.05) is 0 Å². The van der Waals surface area contributed by atoms with Gasteiger partial charge in [0.1, 0.15) is 0 Å². The molecule has 0 fully saturated rings. The molecule has 0 radical (unpaired) electrons. The molecule has 1 rings (SSSR count). The van der Waals surface area contributed by atoms with Crippen molar-refractivity contribution in [3.8, 4) is 0 Å². The van der Waals surface area contributed by atoms with Gasteiger partial charge in [0.15, 0.2) is 5.88 Å². The van der Waals surface area contributed by atoms with Crippen molar-refractivity contribution in [2.45, 2.75) is 19.3 Å². The molecular weight excluding hydrogens is 138 g/mol. The van der Waals surface area contributed by atoms with Crippen LogP contribution in [0.1, 0.15) is 19.3 Å². The first kappa shape index (κ1) is 8.18. The first-order valence-corrected chi connectivity index (χ1v) is 4.01. The number of rotatable bonds is 3. The van der Waals surface area contributed by atoms with Crippen molar-refractivity contribution in [2.75, 3.05) is 6.61 Å². The summed E-state index contributed by atoms with van der Waals surface area (Å²) >= 11 is 0. The maximum absolute atomic E-state index is 5.27. The van der Waals surface area contributed by atoms with Crippen molar-refractivity contribution in [1.29, 1.82) is 0 Å². The minimum absolute atomic E-state index is 0.333. The molecule has 1 atom stereocenters. The molecule has 0 bridgehead atoms. The van der Waals surface area contributed by atoms with Crippen LogP contribution in [0.15, 0.2) is 24.6 Å². The second-order valence-electron chi connectivity index (χ2n) is 2.93. The Morgan fingerprint density at radius 3 is 3.00 bits per heavy atom. The summed E-state index contributed by atoms with van der Waals surface area (Å²) < 4.78 is 5.13. The molecule has 1 aliphatic rings. The second-order valence-corrected chi connectivity index (χ2v) is 2.93. The van der Waals surface area contributed by atoms with Crippen LogP contribution in [-0.4, -0.2) is 6.61 Å². The van der Waals surface area contributed by atoms with Crippen LogP contribution >= 0.6 is 0 Å². The lowest BCUT2D eigenvalue weighted by Crippen LogP contribution is -2.13. The van der Waals surface area contributed by atoms with Gasteiger partial charge in [-0.15, -0.1) is 0 Å². The predicted molar refractivity (Wildman–Crippen MR) is 45.8 cm³/mol. The quantitative estimate of drug-likeness (QED) is 0.495. The van der Waals surface area contributed by atoms with Crippen LogP contribution in [0.2, 0.25) is 0 Å². The number of allylic oxidation sites excluding steroid dienone is 2. The van der Waals surface area contributed by atoms with Crippen LogP contribution < -0.4 is 5.73 Å². The Bertz CT molecular complexity index is 163. The molecule has 2 nitrogen and oxygen atoms in total. The first-order valence-electron chi connectivity index (χ1n) is 4.01. The Hall–Kier alpha value is -0.920. The van der Waals surface area contributed by atoms with Gasteiger partial charge in [0.05, 0.1) is 6.61 Å². The fraction of sp³-hybridized carbons (Fsp3) is 0.556. The Morgan fingerprint density at radius 2 is 2.45 bits per heavy atom. The highest BCUT2D eigenvalue weighted by atomic mass is 16.5. The predicted octanol–water partition coefficient (Wildman–Crippen LogP) is 1.79. The maximum Gasteiger partial charge on any atom is 0.176 e. The van der Waals surface area contributed by atoms with Gasteiger partial charge < -0.3 is 10.5 Å². The molecule has 0 amide bonds. The second kappa shape index (κ2) is 4.06. The Kier molecular flexibility index (Phi) is 3.02. The molecule has 0 saturated heterocycles. The van der Waals surface area contributed by atoms with Crippen molar-refractivity contribution in [2.24, 2.45) is 11.7 Å². The lowest BCUT2D eigenvalue weighted by Gasteiger charge is -2.17. The Labute approximate surface area is 67.7 Å². The topological polar surface area (TPSA) is 35.2 Å². The molecule has 11 heavy (non-hydrogen) atoms. The third-order valence-corrected chi connectivity index (χ3v) is 1.88. The third kappa shape index (κ3) is 3.12. The van der Waals surface area contributed by atoms with E-state index in [1.807, 2.05) is 0 Å². The molecule has 0 aliphatic heterocycles. The van der Waals surface area contributed by atoms with Gasteiger partial charge in [0.25, 0.3) is 0 Å². The summed E-state index contributed by atoms with van der Waals surface area (Å²) in [6.07, 6.45) is 7.92. The first-order chi connectivity index (χ1) is 5.29. The molecule has 1 aliphatic carbocycles. The van der Waals surface area contributed by atoms with E-state index in [9.17, 15) is 0 Å². The van der Waals surface area contributed by atoms with Crippen molar-refractivity contribution in [1.82, 2.24) is 0 Å². The van der Waals surface area contributed by atoms with Crippen LogP contribution in [0.4, 0.5) is 0 Å². The summed E-state index contributed by atoms with van der Waals surface area (Å²) in [7, 11) is 0. The van der Waals surface area contributed by atoms with E-state index in [2.05, 4.69) is 18.7 Å². The molecule has 0 spiro atoms. The van der Waals surface area contributed by atoms with E-state index in [0.717, 1.165) is 13.0 Å². The molecule has 0 aromatic heterocycles. The monoisotopic (exact) mass is 153 g/mol. The van der Waals surface area contributed by atoms with E-state index in [1.165, 1.54) is 12.8 Å². The summed E-state index contributed by atoms with van der Waals surface area (Å²) in [5.74, 6) is 0.972. The van der Waals surface area contributed by atoms with Crippen LogP contribution in [0.5, 0.6) is 0 Å².